The summed E-state index contributed by atoms with van der Waals surface area (Å²) in [5, 5.41) is 9.37. The monoisotopic (exact) mass is 290 g/mol. The lowest BCUT2D eigenvalue weighted by molar-refractivity contribution is -0.142. The second-order valence-corrected chi connectivity index (χ2v) is 6.50. The highest BCUT2D eigenvalue weighted by atomic mass is 16.4. The number of amides is 1. The van der Waals surface area contributed by atoms with Crippen LogP contribution in [0.3, 0.4) is 0 Å². The summed E-state index contributed by atoms with van der Waals surface area (Å²) >= 11 is 0. The van der Waals surface area contributed by atoms with Crippen LogP contribution < -0.4 is 0 Å². The molecular weight excluding hydrogens is 272 g/mol. The average Bonchev–Trinajstić information content (AvgIpc) is 3.40. The van der Waals surface area contributed by atoms with Gasteiger partial charge in [0.1, 0.15) is 5.76 Å². The molecule has 0 spiro atoms. The second-order valence-electron chi connectivity index (χ2n) is 6.50. The van der Waals surface area contributed by atoms with Gasteiger partial charge in [0.05, 0.1) is 5.92 Å². The van der Waals surface area contributed by atoms with E-state index in [4.69, 9.17) is 4.42 Å². The third kappa shape index (κ3) is 2.22. The highest BCUT2D eigenvalue weighted by molar-refractivity contribution is 5.94. The topological polar surface area (TPSA) is 83.6 Å². The number of oxazole rings is 1. The predicted octanol–water partition coefficient (Wildman–Crippen LogP) is 1.73. The molecule has 6 heteroatoms. The first kappa shape index (κ1) is 12.9. The Morgan fingerprint density at radius 3 is 2.62 bits per heavy atom. The lowest BCUT2D eigenvalue weighted by atomic mass is 9.92. The van der Waals surface area contributed by atoms with E-state index in [1.165, 1.54) is 6.39 Å². The quantitative estimate of drug-likeness (QED) is 0.913. The number of aromatic nitrogens is 1. The van der Waals surface area contributed by atoms with Crippen molar-refractivity contribution in [3.63, 3.8) is 0 Å². The molecule has 0 unspecified atom stereocenters. The van der Waals surface area contributed by atoms with E-state index in [9.17, 15) is 14.7 Å². The zero-order chi connectivity index (χ0) is 14.6. The molecule has 112 valence electrons. The molecule has 0 aromatic carbocycles. The van der Waals surface area contributed by atoms with Crippen molar-refractivity contribution in [2.24, 2.45) is 17.8 Å². The minimum Gasteiger partial charge on any atom is -0.481 e. The third-order valence-electron chi connectivity index (χ3n) is 4.94. The van der Waals surface area contributed by atoms with Crippen LogP contribution in [0.15, 0.2) is 10.8 Å². The van der Waals surface area contributed by atoms with Crippen LogP contribution in [0.2, 0.25) is 0 Å². The standard InChI is InChI=1S/C15H18N2O4/c18-14(12-13(9-3-4-9)21-7-16-12)17-5-10(8-1-2-8)11(6-17)15(19)20/h7-11H,1-6H2,(H,19,20)/t10-,11+/m0/s1. The number of carbonyl (C=O) groups excluding carboxylic acids is 1. The first-order chi connectivity index (χ1) is 10.1. The number of rotatable bonds is 4. The van der Waals surface area contributed by atoms with Crippen molar-refractivity contribution in [1.82, 2.24) is 9.88 Å². The fraction of sp³-hybridized carbons (Fsp3) is 0.667. The summed E-state index contributed by atoms with van der Waals surface area (Å²) in [5.74, 6) is 0.194. The molecule has 1 N–H and O–H groups in total. The summed E-state index contributed by atoms with van der Waals surface area (Å²) < 4.78 is 5.36. The van der Waals surface area contributed by atoms with E-state index in [2.05, 4.69) is 4.98 Å². The Kier molecular flexibility index (Phi) is 2.80. The van der Waals surface area contributed by atoms with E-state index in [-0.39, 0.29) is 11.8 Å². The summed E-state index contributed by atoms with van der Waals surface area (Å²) in [6.45, 7) is 0.837. The maximum Gasteiger partial charge on any atom is 0.308 e. The maximum absolute atomic E-state index is 12.6. The van der Waals surface area contributed by atoms with Gasteiger partial charge < -0.3 is 14.4 Å². The highest BCUT2D eigenvalue weighted by Gasteiger charge is 2.47. The minimum atomic E-state index is -0.787. The Morgan fingerprint density at radius 1 is 1.24 bits per heavy atom. The van der Waals surface area contributed by atoms with Gasteiger partial charge in [-0.05, 0) is 37.5 Å². The first-order valence-corrected chi connectivity index (χ1v) is 7.60. The van der Waals surface area contributed by atoms with Crippen molar-refractivity contribution < 1.29 is 19.1 Å². The Balaban J connectivity index is 1.54. The van der Waals surface area contributed by atoms with Crippen LogP contribution in [0, 0.1) is 17.8 Å². The number of likely N-dealkylation sites (tertiary alicyclic amines) is 1. The smallest absolute Gasteiger partial charge is 0.308 e. The molecule has 0 radical (unpaired) electrons. The van der Waals surface area contributed by atoms with Crippen molar-refractivity contribution in [3.05, 3.63) is 17.8 Å². The summed E-state index contributed by atoms with van der Waals surface area (Å²) in [6, 6.07) is 0. The SMILES string of the molecule is O=C(O)[C@@H]1CN(C(=O)c2ncoc2C2CC2)C[C@H]1C1CC1. The third-order valence-corrected chi connectivity index (χ3v) is 4.94. The van der Waals surface area contributed by atoms with Crippen LogP contribution in [0.5, 0.6) is 0 Å². The molecule has 1 saturated heterocycles. The van der Waals surface area contributed by atoms with Gasteiger partial charge in [0.25, 0.3) is 5.91 Å². The summed E-state index contributed by atoms with van der Waals surface area (Å²) in [6.07, 6.45) is 5.58. The lowest BCUT2D eigenvalue weighted by Gasteiger charge is -2.15. The number of nitrogens with zero attached hydrogens (tertiary/aromatic N) is 2. The van der Waals surface area contributed by atoms with Crippen LogP contribution >= 0.6 is 0 Å². The molecule has 1 aromatic rings. The molecule has 0 bridgehead atoms. The normalized spacial score (nSPS) is 28.9. The van der Waals surface area contributed by atoms with Gasteiger partial charge in [-0.1, -0.05) is 0 Å². The zero-order valence-electron chi connectivity index (χ0n) is 11.7. The van der Waals surface area contributed by atoms with Gasteiger partial charge in [-0.25, -0.2) is 4.98 Å². The van der Waals surface area contributed by atoms with Crippen LogP contribution in [0.1, 0.15) is 47.8 Å². The second kappa shape index (κ2) is 4.58. The molecular formula is C15H18N2O4. The van der Waals surface area contributed by atoms with E-state index in [1.807, 2.05) is 0 Å². The Hall–Kier alpha value is -1.85. The molecule has 2 saturated carbocycles. The molecule has 3 fully saturated rings. The lowest BCUT2D eigenvalue weighted by Crippen LogP contribution is -2.30. The van der Waals surface area contributed by atoms with E-state index >= 15 is 0 Å². The molecule has 6 nitrogen and oxygen atoms in total. The molecule has 21 heavy (non-hydrogen) atoms. The van der Waals surface area contributed by atoms with Crippen molar-refractivity contribution in [3.8, 4) is 0 Å². The van der Waals surface area contributed by atoms with E-state index < -0.39 is 11.9 Å². The molecule has 2 heterocycles. The van der Waals surface area contributed by atoms with Crippen LogP contribution in [-0.4, -0.2) is 40.0 Å². The largest absolute Gasteiger partial charge is 0.481 e. The molecule has 4 rings (SSSR count). The van der Waals surface area contributed by atoms with Crippen LogP contribution in [0.25, 0.3) is 0 Å². The molecule has 1 amide bonds. The van der Waals surface area contributed by atoms with Crippen molar-refractivity contribution >= 4 is 11.9 Å². The average molecular weight is 290 g/mol. The Labute approximate surface area is 122 Å². The van der Waals surface area contributed by atoms with Gasteiger partial charge in [0, 0.05) is 19.0 Å². The Morgan fingerprint density at radius 2 is 2.00 bits per heavy atom. The van der Waals surface area contributed by atoms with Gasteiger partial charge in [-0.3, -0.25) is 9.59 Å². The number of hydrogen-bond acceptors (Lipinski definition) is 4. The molecule has 2 atom stereocenters. The first-order valence-electron chi connectivity index (χ1n) is 7.60. The van der Waals surface area contributed by atoms with Gasteiger partial charge in [-0.15, -0.1) is 0 Å². The zero-order valence-corrected chi connectivity index (χ0v) is 11.7. The van der Waals surface area contributed by atoms with E-state index in [0.29, 0.717) is 36.4 Å². The minimum absolute atomic E-state index is 0.0997. The van der Waals surface area contributed by atoms with E-state index in [1.54, 1.807) is 4.90 Å². The van der Waals surface area contributed by atoms with Crippen molar-refractivity contribution in [1.29, 1.82) is 0 Å². The molecule has 2 aliphatic carbocycles. The van der Waals surface area contributed by atoms with Crippen LogP contribution in [-0.2, 0) is 4.79 Å². The molecule has 1 aliphatic heterocycles. The number of carboxylic acid groups (broad SMARTS) is 1. The van der Waals surface area contributed by atoms with Gasteiger partial charge >= 0.3 is 5.97 Å². The van der Waals surface area contributed by atoms with Gasteiger partial charge in [0.15, 0.2) is 12.1 Å². The number of hydrogen-bond donors (Lipinski definition) is 1. The summed E-state index contributed by atoms with van der Waals surface area (Å²) in [5.41, 5.74) is 0.387. The fourth-order valence-electron chi connectivity index (χ4n) is 3.46. The van der Waals surface area contributed by atoms with Crippen molar-refractivity contribution in [2.45, 2.75) is 31.6 Å². The highest BCUT2D eigenvalue weighted by Crippen LogP contribution is 2.45. The number of carboxylic acids is 1. The predicted molar refractivity (Wildman–Crippen MR) is 71.7 cm³/mol. The maximum atomic E-state index is 12.6. The van der Waals surface area contributed by atoms with Crippen molar-refractivity contribution in [2.75, 3.05) is 13.1 Å². The number of carbonyl (C=O) groups is 2. The fourth-order valence-corrected chi connectivity index (χ4v) is 3.46. The van der Waals surface area contributed by atoms with E-state index in [0.717, 1.165) is 25.7 Å². The van der Waals surface area contributed by atoms with Gasteiger partial charge in [0.2, 0.25) is 0 Å². The summed E-state index contributed by atoms with van der Waals surface area (Å²) in [7, 11) is 0. The van der Waals surface area contributed by atoms with Gasteiger partial charge in [-0.2, -0.15) is 0 Å². The summed E-state index contributed by atoms with van der Waals surface area (Å²) in [4.78, 5) is 29.8. The Bertz CT molecular complexity index is 588. The number of aliphatic carboxylic acids is 1. The molecule has 1 aromatic heterocycles. The van der Waals surface area contributed by atoms with Crippen LogP contribution in [0.4, 0.5) is 0 Å². The molecule has 3 aliphatic rings.